The number of β-amino-alcohol motifs (C(OH)–C–C–N with tert-alkyl or cyclic N) is 1. The fraction of sp³-hybridized carbons (Fsp3) is 0.333. The second-order valence-electron chi connectivity index (χ2n) is 8.17. The van der Waals surface area contributed by atoms with Gasteiger partial charge in [-0.1, -0.05) is 0 Å². The van der Waals surface area contributed by atoms with Crippen LogP contribution in [-0.2, 0) is 13.2 Å². The van der Waals surface area contributed by atoms with Gasteiger partial charge in [0.1, 0.15) is 12.4 Å². The highest BCUT2D eigenvalue weighted by Crippen LogP contribution is 2.33. The minimum absolute atomic E-state index is 0.114. The van der Waals surface area contributed by atoms with Gasteiger partial charge in [-0.3, -0.25) is 14.4 Å². The third kappa shape index (κ3) is 5.57. The first kappa shape index (κ1) is 23.8. The Kier molecular flexibility index (Phi) is 6.90. The van der Waals surface area contributed by atoms with E-state index in [0.717, 1.165) is 42.9 Å². The number of aliphatic hydroxyl groups is 1. The van der Waals surface area contributed by atoms with Crippen LogP contribution < -0.4 is 10.1 Å². The van der Waals surface area contributed by atoms with Gasteiger partial charge in [-0.05, 0) is 55.0 Å². The Morgan fingerprint density at radius 3 is 2.59 bits per heavy atom. The molecule has 4 rings (SSSR count). The summed E-state index contributed by atoms with van der Waals surface area (Å²) in [6, 6.07) is 11.0. The van der Waals surface area contributed by atoms with Gasteiger partial charge in [0.25, 0.3) is 5.91 Å². The number of ether oxygens (including phenoxy) is 1. The van der Waals surface area contributed by atoms with Crippen LogP contribution in [-0.4, -0.2) is 58.0 Å². The number of nitrogens with zero attached hydrogens (tertiary/aromatic N) is 3. The van der Waals surface area contributed by atoms with E-state index in [0.29, 0.717) is 36.7 Å². The van der Waals surface area contributed by atoms with Crippen molar-refractivity contribution in [2.24, 2.45) is 7.05 Å². The maximum absolute atomic E-state index is 12.8. The number of benzene rings is 2. The van der Waals surface area contributed by atoms with E-state index in [1.54, 1.807) is 36.1 Å². The number of carbonyl (C=O) groups excluding carboxylic acids is 1. The van der Waals surface area contributed by atoms with Crippen LogP contribution in [0.3, 0.4) is 0 Å². The molecule has 0 saturated carbocycles. The Balaban J connectivity index is 1.49. The van der Waals surface area contributed by atoms with Crippen molar-refractivity contribution >= 4 is 11.6 Å². The molecule has 1 fully saturated rings. The fourth-order valence-electron chi connectivity index (χ4n) is 3.89. The number of alkyl halides is 3. The summed E-state index contributed by atoms with van der Waals surface area (Å²) in [6.07, 6.45) is -2.35. The Morgan fingerprint density at radius 2 is 1.97 bits per heavy atom. The normalized spacial score (nSPS) is 16.6. The summed E-state index contributed by atoms with van der Waals surface area (Å²) in [6.45, 7) is 2.56. The lowest BCUT2D eigenvalue weighted by Gasteiger charge is -2.18. The number of hydrogen-bond acceptors (Lipinski definition) is 5. The molecule has 1 saturated heterocycles. The second-order valence-corrected chi connectivity index (χ2v) is 8.17. The molecule has 2 heterocycles. The summed E-state index contributed by atoms with van der Waals surface area (Å²) in [5, 5.41) is 16.6. The van der Waals surface area contributed by atoms with Crippen molar-refractivity contribution in [3.8, 4) is 17.0 Å². The van der Waals surface area contributed by atoms with Crippen molar-refractivity contribution in [2.75, 3.05) is 31.6 Å². The average Bonchev–Trinajstić information content (AvgIpc) is 3.41. The maximum Gasteiger partial charge on any atom is 0.416 e. The molecule has 1 amide bonds. The first-order valence-corrected chi connectivity index (χ1v) is 10.8. The van der Waals surface area contributed by atoms with Gasteiger partial charge >= 0.3 is 6.18 Å². The molecule has 0 aliphatic carbocycles. The highest BCUT2D eigenvalue weighted by atomic mass is 19.4. The van der Waals surface area contributed by atoms with Crippen LogP contribution in [0.15, 0.2) is 54.7 Å². The maximum atomic E-state index is 12.8. The minimum Gasteiger partial charge on any atom is -0.492 e. The minimum atomic E-state index is -4.46. The molecule has 0 unspecified atom stereocenters. The molecule has 10 heteroatoms. The Hall–Kier alpha value is -3.37. The zero-order valence-electron chi connectivity index (χ0n) is 18.5. The van der Waals surface area contributed by atoms with E-state index in [1.165, 1.54) is 0 Å². The number of aromatic nitrogens is 2. The van der Waals surface area contributed by atoms with Crippen LogP contribution in [0.5, 0.6) is 5.75 Å². The van der Waals surface area contributed by atoms with Crippen LogP contribution in [0.2, 0.25) is 0 Å². The Labute approximate surface area is 194 Å². The zero-order valence-corrected chi connectivity index (χ0v) is 18.5. The van der Waals surface area contributed by atoms with E-state index in [4.69, 9.17) is 4.74 Å². The molecule has 0 spiro atoms. The molecule has 1 aliphatic rings. The number of likely N-dealkylation sites (tertiary alicyclic amines) is 1. The molecule has 3 aromatic rings. The summed E-state index contributed by atoms with van der Waals surface area (Å²) >= 11 is 0. The van der Waals surface area contributed by atoms with Crippen molar-refractivity contribution in [1.29, 1.82) is 0 Å². The summed E-state index contributed by atoms with van der Waals surface area (Å²) in [4.78, 5) is 14.7. The molecule has 0 bridgehead atoms. The molecule has 7 nitrogen and oxygen atoms in total. The van der Waals surface area contributed by atoms with Gasteiger partial charge < -0.3 is 15.2 Å². The predicted molar refractivity (Wildman–Crippen MR) is 121 cm³/mol. The highest BCUT2D eigenvalue weighted by molar-refractivity contribution is 6.04. The lowest BCUT2D eigenvalue weighted by atomic mass is 10.1. The number of amides is 1. The average molecular weight is 474 g/mol. The number of nitrogens with one attached hydrogen (secondary N) is 1. The molecule has 2 N–H and O–H groups in total. The van der Waals surface area contributed by atoms with Crippen molar-refractivity contribution < 1.29 is 27.8 Å². The van der Waals surface area contributed by atoms with Gasteiger partial charge in [0, 0.05) is 49.7 Å². The van der Waals surface area contributed by atoms with Crippen molar-refractivity contribution in [3.63, 3.8) is 0 Å². The van der Waals surface area contributed by atoms with Crippen molar-refractivity contribution in [2.45, 2.75) is 18.7 Å². The van der Waals surface area contributed by atoms with Gasteiger partial charge in [0.05, 0.1) is 17.4 Å². The summed E-state index contributed by atoms with van der Waals surface area (Å²) in [5.74, 6) is 0.0850. The highest BCUT2D eigenvalue weighted by Gasteiger charge is 2.30. The lowest BCUT2D eigenvalue weighted by Crippen LogP contribution is -2.27. The van der Waals surface area contributed by atoms with E-state index in [9.17, 15) is 23.1 Å². The molecular weight excluding hydrogens is 449 g/mol. The molecule has 2 aromatic carbocycles. The van der Waals surface area contributed by atoms with Crippen molar-refractivity contribution in [3.05, 3.63) is 65.9 Å². The number of halogens is 3. The quantitative estimate of drug-likeness (QED) is 0.545. The van der Waals surface area contributed by atoms with Gasteiger partial charge in [0.15, 0.2) is 0 Å². The zero-order chi connectivity index (χ0) is 24.3. The number of carbonyl (C=O) groups is 1. The topological polar surface area (TPSA) is 79.6 Å². The molecule has 1 aliphatic heterocycles. The molecular formula is C24H25F3N4O3. The largest absolute Gasteiger partial charge is 0.492 e. The Bertz CT molecular complexity index is 1150. The predicted octanol–water partition coefficient (Wildman–Crippen LogP) is 3.80. The van der Waals surface area contributed by atoms with Gasteiger partial charge in [0.2, 0.25) is 0 Å². The lowest BCUT2D eigenvalue weighted by molar-refractivity contribution is -0.137. The smallest absolute Gasteiger partial charge is 0.416 e. The number of rotatable bonds is 7. The van der Waals surface area contributed by atoms with Crippen LogP contribution >= 0.6 is 0 Å². The summed E-state index contributed by atoms with van der Waals surface area (Å²) in [5.41, 5.74) is 1.26. The van der Waals surface area contributed by atoms with E-state index in [-0.39, 0.29) is 11.7 Å². The van der Waals surface area contributed by atoms with E-state index < -0.39 is 17.6 Å². The molecule has 1 atom stereocenters. The van der Waals surface area contributed by atoms with E-state index in [1.807, 2.05) is 6.07 Å². The molecule has 1 aromatic heterocycles. The summed E-state index contributed by atoms with van der Waals surface area (Å²) < 4.78 is 46.0. The van der Waals surface area contributed by atoms with Gasteiger partial charge in [-0.15, -0.1) is 0 Å². The standard InChI is InChI=1S/C24H25F3N4O3/c1-30-21(8-10-28-30)20-14-18(6-7-22(20)34-13-12-31-11-9-19(32)15-31)29-23(33)16-2-4-17(5-3-16)24(25,26)27/h2-8,10,14,19,32H,9,11-13,15H2,1H3,(H,29,33)/t19-/m0/s1. The Morgan fingerprint density at radius 1 is 1.21 bits per heavy atom. The van der Waals surface area contributed by atoms with Crippen molar-refractivity contribution in [1.82, 2.24) is 14.7 Å². The third-order valence-corrected chi connectivity index (χ3v) is 5.72. The summed E-state index contributed by atoms with van der Waals surface area (Å²) in [7, 11) is 1.79. The number of anilines is 1. The fourth-order valence-corrected chi connectivity index (χ4v) is 3.89. The van der Waals surface area contributed by atoms with Crippen LogP contribution in [0.1, 0.15) is 22.3 Å². The monoisotopic (exact) mass is 474 g/mol. The SMILES string of the molecule is Cn1nccc1-c1cc(NC(=O)c2ccc(C(F)(F)F)cc2)ccc1OCCN1CC[C@H](O)C1. The number of aryl methyl sites for hydroxylation is 1. The van der Waals surface area contributed by atoms with Crippen LogP contribution in [0.4, 0.5) is 18.9 Å². The molecule has 0 radical (unpaired) electrons. The van der Waals surface area contributed by atoms with E-state index in [2.05, 4.69) is 15.3 Å². The number of aliphatic hydroxyl groups excluding tert-OH is 1. The van der Waals surface area contributed by atoms with Gasteiger partial charge in [-0.25, -0.2) is 0 Å². The number of hydrogen-bond donors (Lipinski definition) is 2. The molecule has 34 heavy (non-hydrogen) atoms. The van der Waals surface area contributed by atoms with Gasteiger partial charge in [-0.2, -0.15) is 18.3 Å². The first-order valence-electron chi connectivity index (χ1n) is 10.8. The third-order valence-electron chi connectivity index (χ3n) is 5.72. The van der Waals surface area contributed by atoms with E-state index >= 15 is 0 Å². The van der Waals surface area contributed by atoms with Crippen LogP contribution in [0.25, 0.3) is 11.3 Å². The first-order chi connectivity index (χ1) is 16.2. The second kappa shape index (κ2) is 9.86. The molecule has 180 valence electrons. The van der Waals surface area contributed by atoms with Crippen LogP contribution in [0, 0.1) is 0 Å².